The van der Waals surface area contributed by atoms with E-state index in [4.69, 9.17) is 0 Å². The van der Waals surface area contributed by atoms with Gasteiger partial charge in [-0.2, -0.15) is 0 Å². The van der Waals surface area contributed by atoms with Crippen LogP contribution >= 0.6 is 0 Å². The third kappa shape index (κ3) is 3.32. The molecule has 0 amide bonds. The topological polar surface area (TPSA) is 0 Å². The predicted octanol–water partition coefficient (Wildman–Crippen LogP) is 6.82. The minimum Gasteiger partial charge on any atom is -0.0852 e. The summed E-state index contributed by atoms with van der Waals surface area (Å²) in [5.41, 5.74) is 3.17. The molecule has 1 aliphatic carbocycles. The van der Waals surface area contributed by atoms with Crippen molar-refractivity contribution in [2.75, 3.05) is 0 Å². The summed E-state index contributed by atoms with van der Waals surface area (Å²) in [5.74, 6) is 2.13. The van der Waals surface area contributed by atoms with E-state index in [0.29, 0.717) is 5.31 Å². The maximum Gasteiger partial charge on any atom is 0.153 e. The van der Waals surface area contributed by atoms with Crippen LogP contribution in [-0.4, -0.2) is 6.71 Å². The van der Waals surface area contributed by atoms with E-state index >= 15 is 0 Å². The van der Waals surface area contributed by atoms with Crippen LogP contribution in [0.1, 0.15) is 85.0 Å². The molecule has 0 aromatic rings. The van der Waals surface area contributed by atoms with Crippen molar-refractivity contribution in [1.29, 1.82) is 0 Å². The molecule has 2 saturated heterocycles. The summed E-state index contributed by atoms with van der Waals surface area (Å²) in [4.78, 5) is 0. The van der Waals surface area contributed by atoms with Crippen LogP contribution in [0.4, 0.5) is 0 Å². The second-order valence-corrected chi connectivity index (χ2v) is 8.61. The largest absolute Gasteiger partial charge is 0.153 e. The zero-order valence-electron chi connectivity index (χ0n) is 14.5. The number of hydrogen-bond acceptors (Lipinski definition) is 0. The highest BCUT2D eigenvalue weighted by Crippen LogP contribution is 2.59. The molecule has 3 rings (SSSR count). The van der Waals surface area contributed by atoms with E-state index in [1.54, 1.807) is 5.57 Å². The molecule has 2 bridgehead atoms. The van der Waals surface area contributed by atoms with Crippen LogP contribution in [0, 0.1) is 0 Å². The lowest BCUT2D eigenvalue weighted by molar-refractivity contribution is 0.398. The molecule has 0 N–H and O–H groups in total. The summed E-state index contributed by atoms with van der Waals surface area (Å²) in [5, 5.41) is 0.616. The SMILES string of the molecule is CC(C)=CCC1=CCC(C)(B2C3CCCC2CCC3)CC1. The summed E-state index contributed by atoms with van der Waals surface area (Å²) in [6, 6.07) is 0. The first-order valence-electron chi connectivity index (χ1n) is 9.40. The van der Waals surface area contributed by atoms with Gasteiger partial charge in [0.25, 0.3) is 0 Å². The lowest BCUT2D eigenvalue weighted by atomic mass is 9.17. The Bertz CT molecular complexity index is 407. The standard InChI is InChI=1S/C20H33B/c1-16(2)10-11-17-12-14-20(3,15-13-17)21-18-6-4-7-19(21)9-5-8-18/h10,12,18-19H,4-9,11,13-15H2,1-3H3. The Morgan fingerprint density at radius 2 is 1.81 bits per heavy atom. The molecule has 2 fully saturated rings. The van der Waals surface area contributed by atoms with Crippen LogP contribution in [0.5, 0.6) is 0 Å². The Morgan fingerprint density at radius 3 is 2.29 bits per heavy atom. The van der Waals surface area contributed by atoms with Gasteiger partial charge >= 0.3 is 0 Å². The first-order valence-corrected chi connectivity index (χ1v) is 9.40. The molecule has 1 unspecified atom stereocenters. The van der Waals surface area contributed by atoms with Crippen molar-refractivity contribution >= 4 is 6.71 Å². The van der Waals surface area contributed by atoms with Crippen molar-refractivity contribution in [3.8, 4) is 0 Å². The third-order valence-electron chi connectivity index (χ3n) is 6.77. The first kappa shape index (κ1) is 15.4. The van der Waals surface area contributed by atoms with Gasteiger partial charge in [-0.15, -0.1) is 0 Å². The van der Waals surface area contributed by atoms with Crippen molar-refractivity contribution in [1.82, 2.24) is 0 Å². The monoisotopic (exact) mass is 284 g/mol. The van der Waals surface area contributed by atoms with Crippen LogP contribution in [0.15, 0.2) is 23.3 Å². The molecule has 1 atom stereocenters. The van der Waals surface area contributed by atoms with Gasteiger partial charge in [0.1, 0.15) is 0 Å². The molecule has 2 heterocycles. The summed E-state index contributed by atoms with van der Waals surface area (Å²) in [6.07, 6.45) is 19.6. The molecule has 0 aromatic carbocycles. The normalized spacial score (nSPS) is 36.1. The highest BCUT2D eigenvalue weighted by atomic mass is 14.4. The van der Waals surface area contributed by atoms with Gasteiger partial charge in [-0.25, -0.2) is 0 Å². The second kappa shape index (κ2) is 6.35. The highest BCUT2D eigenvalue weighted by molar-refractivity contribution is 6.66. The van der Waals surface area contributed by atoms with E-state index in [0.717, 1.165) is 18.3 Å². The molecule has 116 valence electrons. The van der Waals surface area contributed by atoms with Gasteiger partial charge in [-0.05, 0) is 38.4 Å². The van der Waals surface area contributed by atoms with Gasteiger partial charge in [0.2, 0.25) is 0 Å². The van der Waals surface area contributed by atoms with E-state index in [1.807, 2.05) is 0 Å². The second-order valence-electron chi connectivity index (χ2n) is 8.61. The first-order chi connectivity index (χ1) is 10.1. The van der Waals surface area contributed by atoms with Crippen molar-refractivity contribution in [2.24, 2.45) is 0 Å². The third-order valence-corrected chi connectivity index (χ3v) is 6.77. The lowest BCUT2D eigenvalue weighted by Gasteiger charge is -2.50. The van der Waals surface area contributed by atoms with Gasteiger partial charge in [0.15, 0.2) is 6.71 Å². The van der Waals surface area contributed by atoms with E-state index in [9.17, 15) is 0 Å². The zero-order chi connectivity index (χ0) is 14.9. The van der Waals surface area contributed by atoms with Gasteiger partial charge < -0.3 is 0 Å². The predicted molar refractivity (Wildman–Crippen MR) is 95.3 cm³/mol. The van der Waals surface area contributed by atoms with Crippen LogP contribution in [0.2, 0.25) is 16.9 Å². The fraction of sp³-hybridized carbons (Fsp3) is 0.800. The van der Waals surface area contributed by atoms with Gasteiger partial charge in [-0.3, -0.25) is 0 Å². The molecule has 0 radical (unpaired) electrons. The maximum atomic E-state index is 2.63. The fourth-order valence-electron chi connectivity index (χ4n) is 5.67. The molecule has 0 aromatic heterocycles. The number of rotatable bonds is 3. The quantitative estimate of drug-likeness (QED) is 0.394. The van der Waals surface area contributed by atoms with Crippen molar-refractivity contribution in [3.63, 3.8) is 0 Å². The molecule has 3 aliphatic rings. The molecular formula is C20H33B. The van der Waals surface area contributed by atoms with Crippen LogP contribution in [0.3, 0.4) is 0 Å². The zero-order valence-corrected chi connectivity index (χ0v) is 14.5. The molecule has 1 heteroatoms. The van der Waals surface area contributed by atoms with Crippen LogP contribution < -0.4 is 0 Å². The van der Waals surface area contributed by atoms with Crippen LogP contribution in [0.25, 0.3) is 0 Å². The number of fused-ring (bicyclic) bond motifs is 2. The lowest BCUT2D eigenvalue weighted by Crippen LogP contribution is -2.44. The van der Waals surface area contributed by atoms with Gasteiger partial charge in [-0.1, -0.05) is 86.8 Å². The summed E-state index contributed by atoms with van der Waals surface area (Å²) >= 11 is 0. The Kier molecular flexibility index (Phi) is 4.67. The summed E-state index contributed by atoms with van der Waals surface area (Å²) in [6.45, 7) is 8.11. The van der Waals surface area contributed by atoms with Crippen LogP contribution in [-0.2, 0) is 0 Å². The van der Waals surface area contributed by atoms with Crippen molar-refractivity contribution in [2.45, 2.75) is 102 Å². The molecule has 2 aliphatic heterocycles. The Hall–Kier alpha value is -0.455. The van der Waals surface area contributed by atoms with E-state index in [2.05, 4.69) is 32.9 Å². The Morgan fingerprint density at radius 1 is 1.19 bits per heavy atom. The Balaban J connectivity index is 1.70. The van der Waals surface area contributed by atoms with Gasteiger partial charge in [0, 0.05) is 0 Å². The number of hydrogen-bond donors (Lipinski definition) is 0. The average Bonchev–Trinajstić information content (AvgIpc) is 2.46. The smallest absolute Gasteiger partial charge is 0.0852 e. The van der Waals surface area contributed by atoms with Crippen molar-refractivity contribution < 1.29 is 0 Å². The average molecular weight is 284 g/mol. The summed E-state index contributed by atoms with van der Waals surface area (Å²) in [7, 11) is 0. The maximum absolute atomic E-state index is 2.63. The highest BCUT2D eigenvalue weighted by Gasteiger charge is 2.49. The van der Waals surface area contributed by atoms with Crippen molar-refractivity contribution in [3.05, 3.63) is 23.3 Å². The fourth-order valence-corrected chi connectivity index (χ4v) is 5.67. The number of allylic oxidation sites excluding steroid dienone is 4. The molecule has 0 nitrogen and oxygen atoms in total. The Labute approximate surface area is 132 Å². The van der Waals surface area contributed by atoms with E-state index in [1.165, 1.54) is 69.8 Å². The molecule has 0 spiro atoms. The molecule has 0 saturated carbocycles. The molecular weight excluding hydrogens is 251 g/mol. The van der Waals surface area contributed by atoms with Gasteiger partial charge in [0.05, 0.1) is 0 Å². The van der Waals surface area contributed by atoms with E-state index < -0.39 is 0 Å². The van der Waals surface area contributed by atoms with E-state index in [-0.39, 0.29) is 0 Å². The minimum absolute atomic E-state index is 0.616. The summed E-state index contributed by atoms with van der Waals surface area (Å²) < 4.78 is 0. The molecule has 21 heavy (non-hydrogen) atoms. The minimum atomic E-state index is 0.616.